The van der Waals surface area contributed by atoms with E-state index in [-0.39, 0.29) is 5.88 Å². The lowest BCUT2D eigenvalue weighted by Crippen LogP contribution is -2.20. The van der Waals surface area contributed by atoms with Crippen molar-refractivity contribution in [2.45, 2.75) is 12.2 Å². The van der Waals surface area contributed by atoms with Gasteiger partial charge < -0.3 is 10.2 Å². The maximum Gasteiger partial charge on any atom is 0.107 e. The maximum absolute atomic E-state index is 9.63. The second-order valence-corrected chi connectivity index (χ2v) is 4.16. The van der Waals surface area contributed by atoms with E-state index in [1.807, 2.05) is 18.2 Å². The summed E-state index contributed by atoms with van der Waals surface area (Å²) in [6.07, 6.45) is -1.80. The molecule has 0 heterocycles. The molecule has 0 saturated heterocycles. The minimum Gasteiger partial charge on any atom is -0.389 e. The van der Waals surface area contributed by atoms with E-state index in [2.05, 4.69) is 22.6 Å². The molecule has 2 N–H and O–H groups in total. The molecule has 0 fully saturated rings. The standard InChI is InChI=1S/C9H10ClIO2/c10-5-8(12)9(13)6-3-1-2-4-7(6)11/h1-4,8-9,12-13H,5H2. The van der Waals surface area contributed by atoms with Crippen LogP contribution in [-0.4, -0.2) is 22.2 Å². The van der Waals surface area contributed by atoms with Gasteiger partial charge in [0, 0.05) is 3.57 Å². The summed E-state index contributed by atoms with van der Waals surface area (Å²) < 4.78 is 0.928. The lowest BCUT2D eigenvalue weighted by molar-refractivity contribution is 0.0322. The van der Waals surface area contributed by atoms with Gasteiger partial charge >= 0.3 is 0 Å². The zero-order chi connectivity index (χ0) is 9.84. The number of benzene rings is 1. The Kier molecular flexibility index (Phi) is 4.45. The third-order valence-electron chi connectivity index (χ3n) is 1.75. The molecule has 0 spiro atoms. The van der Waals surface area contributed by atoms with Crippen LogP contribution in [0.25, 0.3) is 0 Å². The molecule has 0 saturated carbocycles. The summed E-state index contributed by atoms with van der Waals surface area (Å²) in [5.41, 5.74) is 0.719. The summed E-state index contributed by atoms with van der Waals surface area (Å²) in [6, 6.07) is 7.36. The average molecular weight is 313 g/mol. The fourth-order valence-electron chi connectivity index (χ4n) is 1.01. The number of hydrogen-bond donors (Lipinski definition) is 2. The van der Waals surface area contributed by atoms with Gasteiger partial charge in [-0.25, -0.2) is 0 Å². The molecule has 0 aliphatic rings. The molecule has 0 aromatic heterocycles. The third kappa shape index (κ3) is 2.80. The van der Waals surface area contributed by atoms with Crippen molar-refractivity contribution in [3.8, 4) is 0 Å². The summed E-state index contributed by atoms with van der Waals surface area (Å²) in [7, 11) is 0. The van der Waals surface area contributed by atoms with E-state index in [0.29, 0.717) is 0 Å². The summed E-state index contributed by atoms with van der Waals surface area (Å²) in [4.78, 5) is 0. The van der Waals surface area contributed by atoms with Crippen molar-refractivity contribution in [1.29, 1.82) is 0 Å². The van der Waals surface area contributed by atoms with E-state index in [0.717, 1.165) is 9.13 Å². The first-order valence-electron chi connectivity index (χ1n) is 3.83. The molecule has 1 aromatic carbocycles. The fourth-order valence-corrected chi connectivity index (χ4v) is 1.88. The van der Waals surface area contributed by atoms with Crippen molar-refractivity contribution >= 4 is 34.2 Å². The van der Waals surface area contributed by atoms with Crippen molar-refractivity contribution in [2.75, 3.05) is 5.88 Å². The summed E-state index contributed by atoms with van der Waals surface area (Å²) in [5, 5.41) is 18.9. The summed E-state index contributed by atoms with van der Waals surface area (Å²) in [6.45, 7) is 0. The van der Waals surface area contributed by atoms with E-state index in [4.69, 9.17) is 11.6 Å². The van der Waals surface area contributed by atoms with Gasteiger partial charge in [0.15, 0.2) is 0 Å². The second kappa shape index (κ2) is 5.14. The van der Waals surface area contributed by atoms with Gasteiger partial charge in [-0.15, -0.1) is 11.6 Å². The Balaban J connectivity index is 2.88. The summed E-state index contributed by atoms with van der Waals surface area (Å²) in [5.74, 6) is 0.0339. The second-order valence-electron chi connectivity index (χ2n) is 2.69. The van der Waals surface area contributed by atoms with Crippen LogP contribution < -0.4 is 0 Å². The molecule has 1 aromatic rings. The van der Waals surface area contributed by atoms with Gasteiger partial charge in [-0.05, 0) is 34.2 Å². The number of aliphatic hydroxyl groups excluding tert-OH is 2. The van der Waals surface area contributed by atoms with E-state index in [9.17, 15) is 10.2 Å². The van der Waals surface area contributed by atoms with Crippen LogP contribution in [0.4, 0.5) is 0 Å². The first-order chi connectivity index (χ1) is 6.16. The predicted molar refractivity (Wildman–Crippen MR) is 60.8 cm³/mol. The molecule has 4 heteroatoms. The van der Waals surface area contributed by atoms with E-state index < -0.39 is 12.2 Å². The number of halogens is 2. The molecule has 13 heavy (non-hydrogen) atoms. The van der Waals surface area contributed by atoms with Gasteiger partial charge in [0.05, 0.1) is 12.0 Å². The van der Waals surface area contributed by atoms with Crippen molar-refractivity contribution in [3.05, 3.63) is 33.4 Å². The van der Waals surface area contributed by atoms with Crippen molar-refractivity contribution in [1.82, 2.24) is 0 Å². The lowest BCUT2D eigenvalue weighted by Gasteiger charge is -2.16. The van der Waals surface area contributed by atoms with Crippen LogP contribution in [-0.2, 0) is 0 Å². The molecule has 0 amide bonds. The smallest absolute Gasteiger partial charge is 0.107 e. The normalized spacial score (nSPS) is 15.4. The van der Waals surface area contributed by atoms with Crippen LogP contribution in [0.3, 0.4) is 0 Å². The van der Waals surface area contributed by atoms with E-state index in [1.165, 1.54) is 0 Å². The zero-order valence-corrected chi connectivity index (χ0v) is 9.73. The fraction of sp³-hybridized carbons (Fsp3) is 0.333. The Hall–Kier alpha value is 0.160. The van der Waals surface area contributed by atoms with E-state index >= 15 is 0 Å². The SMILES string of the molecule is OC(CCl)C(O)c1ccccc1I. The van der Waals surface area contributed by atoms with Crippen LogP contribution in [0, 0.1) is 3.57 Å². The van der Waals surface area contributed by atoms with Gasteiger partial charge in [-0.2, -0.15) is 0 Å². The van der Waals surface area contributed by atoms with Crippen molar-refractivity contribution < 1.29 is 10.2 Å². The Morgan fingerprint density at radius 1 is 1.31 bits per heavy atom. The topological polar surface area (TPSA) is 40.5 Å². The van der Waals surface area contributed by atoms with Gasteiger partial charge in [0.25, 0.3) is 0 Å². The van der Waals surface area contributed by atoms with Crippen LogP contribution in [0.5, 0.6) is 0 Å². The number of hydrogen-bond acceptors (Lipinski definition) is 2. The Bertz CT molecular complexity index is 280. The third-order valence-corrected chi connectivity index (χ3v) is 3.05. The van der Waals surface area contributed by atoms with Gasteiger partial charge in [-0.1, -0.05) is 18.2 Å². The summed E-state index contributed by atoms with van der Waals surface area (Å²) >= 11 is 7.55. The first kappa shape index (κ1) is 11.2. The molecule has 0 bridgehead atoms. The molecule has 0 aliphatic heterocycles. The molecular weight excluding hydrogens is 302 g/mol. The molecule has 1 rings (SSSR count). The predicted octanol–water partition coefficient (Wildman–Crippen LogP) is 1.92. The lowest BCUT2D eigenvalue weighted by atomic mass is 10.1. The first-order valence-corrected chi connectivity index (χ1v) is 5.44. The number of rotatable bonds is 3. The Morgan fingerprint density at radius 3 is 2.46 bits per heavy atom. The Morgan fingerprint density at radius 2 is 1.92 bits per heavy atom. The highest BCUT2D eigenvalue weighted by atomic mass is 127. The minimum absolute atomic E-state index is 0.0339. The minimum atomic E-state index is -0.905. The number of aliphatic hydroxyl groups is 2. The Labute approximate surface area is 95.7 Å². The van der Waals surface area contributed by atoms with Crippen molar-refractivity contribution in [2.24, 2.45) is 0 Å². The molecule has 2 atom stereocenters. The van der Waals surface area contributed by atoms with Gasteiger partial charge in [-0.3, -0.25) is 0 Å². The van der Waals surface area contributed by atoms with Crippen LogP contribution in [0.2, 0.25) is 0 Å². The maximum atomic E-state index is 9.63. The molecule has 2 unspecified atom stereocenters. The average Bonchev–Trinajstić information content (AvgIpc) is 2.16. The molecule has 0 aliphatic carbocycles. The number of alkyl halides is 1. The molecule has 0 radical (unpaired) electrons. The van der Waals surface area contributed by atoms with Crippen LogP contribution in [0.1, 0.15) is 11.7 Å². The van der Waals surface area contributed by atoms with Gasteiger partial charge in [0.1, 0.15) is 6.10 Å². The van der Waals surface area contributed by atoms with E-state index in [1.54, 1.807) is 6.07 Å². The highest BCUT2D eigenvalue weighted by Crippen LogP contribution is 2.22. The van der Waals surface area contributed by atoms with Crippen LogP contribution >= 0.6 is 34.2 Å². The highest BCUT2D eigenvalue weighted by molar-refractivity contribution is 14.1. The zero-order valence-electron chi connectivity index (χ0n) is 6.82. The molecule has 72 valence electrons. The van der Waals surface area contributed by atoms with Crippen molar-refractivity contribution in [3.63, 3.8) is 0 Å². The molecule has 2 nitrogen and oxygen atoms in total. The van der Waals surface area contributed by atoms with Crippen LogP contribution in [0.15, 0.2) is 24.3 Å². The largest absolute Gasteiger partial charge is 0.389 e. The quantitative estimate of drug-likeness (QED) is 0.661. The van der Waals surface area contributed by atoms with Gasteiger partial charge in [0.2, 0.25) is 0 Å². The highest BCUT2D eigenvalue weighted by Gasteiger charge is 2.18. The molecular formula is C9H10ClIO2. The monoisotopic (exact) mass is 312 g/mol.